The standard InChI is InChI=1S/C42H41N3O10/c1-23(46)55-33-16-24(13-14-32(33)48-2)15-29(25-17-34(49-3)40(53-7)35(18-25)50-4)42(47)43-22-27-21-30-28-11-9-10-12-31(28)45-39(30)38(44-27)26-19-36(51-5)41(54-8)37(20-26)52-6/h9-21,45H,22H2,1-8H3,(H,43,47)/b29-15+. The normalized spacial score (nSPS) is 11.2. The third kappa shape index (κ3) is 7.63. The highest BCUT2D eigenvalue weighted by Crippen LogP contribution is 2.43. The van der Waals surface area contributed by atoms with Gasteiger partial charge in [0.1, 0.15) is 0 Å². The molecule has 0 aliphatic carbocycles. The first-order chi connectivity index (χ1) is 26.7. The second-order valence-electron chi connectivity index (χ2n) is 12.1. The van der Waals surface area contributed by atoms with E-state index in [0.29, 0.717) is 68.3 Å². The molecule has 2 heterocycles. The molecule has 6 rings (SSSR count). The van der Waals surface area contributed by atoms with Gasteiger partial charge in [-0.15, -0.1) is 0 Å². The molecule has 0 bridgehead atoms. The maximum atomic E-state index is 14.4. The Morgan fingerprint density at radius 3 is 1.85 bits per heavy atom. The van der Waals surface area contributed by atoms with Gasteiger partial charge in [-0.3, -0.25) is 9.59 Å². The summed E-state index contributed by atoms with van der Waals surface area (Å²) in [6, 6.07) is 21.9. The number of para-hydroxylation sites is 1. The molecule has 2 N–H and O–H groups in total. The molecule has 0 fully saturated rings. The predicted molar refractivity (Wildman–Crippen MR) is 209 cm³/mol. The van der Waals surface area contributed by atoms with Crippen LogP contribution in [0.3, 0.4) is 0 Å². The zero-order valence-corrected chi connectivity index (χ0v) is 31.7. The Balaban J connectivity index is 1.47. The van der Waals surface area contributed by atoms with E-state index >= 15 is 0 Å². The number of rotatable bonds is 14. The van der Waals surface area contributed by atoms with E-state index in [0.717, 1.165) is 21.8 Å². The van der Waals surface area contributed by atoms with E-state index < -0.39 is 11.9 Å². The van der Waals surface area contributed by atoms with Crippen molar-refractivity contribution in [1.29, 1.82) is 0 Å². The fraction of sp³-hybridized carbons (Fsp3) is 0.214. The van der Waals surface area contributed by atoms with E-state index in [-0.39, 0.29) is 17.9 Å². The average Bonchev–Trinajstić information content (AvgIpc) is 3.58. The van der Waals surface area contributed by atoms with Crippen molar-refractivity contribution in [3.05, 3.63) is 89.6 Å². The Morgan fingerprint density at radius 2 is 1.27 bits per heavy atom. The van der Waals surface area contributed by atoms with E-state index in [9.17, 15) is 9.59 Å². The van der Waals surface area contributed by atoms with Crippen molar-refractivity contribution in [1.82, 2.24) is 15.3 Å². The number of fused-ring (bicyclic) bond motifs is 3. The molecule has 0 aliphatic heterocycles. The summed E-state index contributed by atoms with van der Waals surface area (Å²) in [4.78, 5) is 34.9. The van der Waals surface area contributed by atoms with Crippen molar-refractivity contribution in [2.75, 3.05) is 49.8 Å². The minimum absolute atomic E-state index is 0.0504. The van der Waals surface area contributed by atoms with Crippen LogP contribution in [0.5, 0.6) is 46.0 Å². The van der Waals surface area contributed by atoms with Crippen molar-refractivity contribution in [3.63, 3.8) is 0 Å². The van der Waals surface area contributed by atoms with Gasteiger partial charge in [0.2, 0.25) is 11.5 Å². The molecule has 0 saturated heterocycles. The molecule has 55 heavy (non-hydrogen) atoms. The third-order valence-electron chi connectivity index (χ3n) is 8.89. The van der Waals surface area contributed by atoms with Gasteiger partial charge in [0.25, 0.3) is 5.91 Å². The Hall–Kier alpha value is -6.89. The highest BCUT2D eigenvalue weighted by atomic mass is 16.6. The summed E-state index contributed by atoms with van der Waals surface area (Å²) in [7, 11) is 10.6. The number of H-pyrrole nitrogens is 1. The average molecular weight is 748 g/mol. The number of carbonyl (C=O) groups is 2. The van der Waals surface area contributed by atoms with Crippen LogP contribution in [0.2, 0.25) is 0 Å². The molecule has 0 radical (unpaired) electrons. The first-order valence-corrected chi connectivity index (χ1v) is 17.0. The number of benzene rings is 4. The highest BCUT2D eigenvalue weighted by Gasteiger charge is 2.22. The molecule has 13 nitrogen and oxygen atoms in total. The van der Waals surface area contributed by atoms with Crippen molar-refractivity contribution in [2.45, 2.75) is 13.5 Å². The number of nitrogens with zero attached hydrogens (tertiary/aromatic N) is 1. The first-order valence-electron chi connectivity index (χ1n) is 17.0. The number of nitrogens with one attached hydrogen (secondary N) is 2. The Kier molecular flexibility index (Phi) is 11.3. The number of amides is 1. The lowest BCUT2D eigenvalue weighted by atomic mass is 10.00. The van der Waals surface area contributed by atoms with Crippen LogP contribution < -0.4 is 43.2 Å². The van der Waals surface area contributed by atoms with Gasteiger partial charge in [-0.1, -0.05) is 24.3 Å². The summed E-state index contributed by atoms with van der Waals surface area (Å²) in [6.07, 6.45) is 1.67. The zero-order valence-electron chi connectivity index (χ0n) is 31.7. The summed E-state index contributed by atoms with van der Waals surface area (Å²) in [5, 5.41) is 4.97. The number of aromatic nitrogens is 2. The second-order valence-corrected chi connectivity index (χ2v) is 12.1. The molecule has 0 spiro atoms. The summed E-state index contributed by atoms with van der Waals surface area (Å²) < 4.78 is 44.5. The fourth-order valence-corrected chi connectivity index (χ4v) is 6.38. The van der Waals surface area contributed by atoms with E-state index in [4.69, 9.17) is 42.9 Å². The molecule has 0 unspecified atom stereocenters. The molecule has 0 aliphatic rings. The van der Waals surface area contributed by atoms with Crippen LogP contribution >= 0.6 is 0 Å². The van der Waals surface area contributed by atoms with E-state index in [1.165, 1.54) is 35.4 Å². The monoisotopic (exact) mass is 747 g/mol. The summed E-state index contributed by atoms with van der Waals surface area (Å²) in [5.74, 6) is 2.06. The van der Waals surface area contributed by atoms with Crippen molar-refractivity contribution in [2.24, 2.45) is 0 Å². The molecule has 2 aromatic heterocycles. The van der Waals surface area contributed by atoms with Crippen molar-refractivity contribution >= 4 is 45.3 Å². The number of pyridine rings is 1. The summed E-state index contributed by atoms with van der Waals surface area (Å²) in [5.41, 5.74) is 4.90. The van der Waals surface area contributed by atoms with Crippen LogP contribution in [-0.2, 0) is 16.1 Å². The molecule has 13 heteroatoms. The smallest absolute Gasteiger partial charge is 0.308 e. The Labute approximate surface area is 317 Å². The van der Waals surface area contributed by atoms with E-state index in [1.807, 2.05) is 42.5 Å². The number of hydrogen-bond donors (Lipinski definition) is 2. The molecule has 6 aromatic rings. The van der Waals surface area contributed by atoms with Gasteiger partial charge in [-0.25, -0.2) is 4.98 Å². The van der Waals surface area contributed by atoms with Gasteiger partial charge in [0.15, 0.2) is 34.5 Å². The number of carbonyl (C=O) groups excluding carboxylic acids is 2. The lowest BCUT2D eigenvalue weighted by Crippen LogP contribution is -2.24. The van der Waals surface area contributed by atoms with Crippen LogP contribution in [0.1, 0.15) is 23.7 Å². The largest absolute Gasteiger partial charge is 0.493 e. The minimum Gasteiger partial charge on any atom is -0.493 e. The van der Waals surface area contributed by atoms with Crippen LogP contribution in [-0.4, -0.2) is 71.6 Å². The number of esters is 1. The number of hydrogen-bond acceptors (Lipinski definition) is 11. The predicted octanol–water partition coefficient (Wildman–Crippen LogP) is 7.23. The molecular weight excluding hydrogens is 706 g/mol. The van der Waals surface area contributed by atoms with Crippen LogP contribution in [0.25, 0.3) is 44.7 Å². The van der Waals surface area contributed by atoms with Gasteiger partial charge in [-0.05, 0) is 65.7 Å². The quantitative estimate of drug-likeness (QED) is 0.0503. The molecule has 1 amide bonds. The summed E-state index contributed by atoms with van der Waals surface area (Å²) in [6.45, 7) is 1.35. The molecule has 0 saturated carbocycles. The molecule has 0 atom stereocenters. The minimum atomic E-state index is -0.521. The molecule has 284 valence electrons. The first kappa shape index (κ1) is 37.9. The number of aromatic amines is 1. The van der Waals surface area contributed by atoms with Gasteiger partial charge < -0.3 is 48.2 Å². The maximum absolute atomic E-state index is 14.4. The highest BCUT2D eigenvalue weighted by molar-refractivity contribution is 6.24. The van der Waals surface area contributed by atoms with Crippen LogP contribution in [0.15, 0.2) is 72.8 Å². The van der Waals surface area contributed by atoms with Gasteiger partial charge in [-0.2, -0.15) is 0 Å². The Morgan fingerprint density at radius 1 is 0.673 bits per heavy atom. The van der Waals surface area contributed by atoms with Gasteiger partial charge >= 0.3 is 5.97 Å². The second kappa shape index (κ2) is 16.4. The van der Waals surface area contributed by atoms with Crippen LogP contribution in [0.4, 0.5) is 0 Å². The topological polar surface area (TPSA) is 149 Å². The lowest BCUT2D eigenvalue weighted by molar-refractivity contribution is -0.132. The Bertz CT molecular complexity index is 2380. The number of methoxy groups -OCH3 is 7. The molecule has 4 aromatic carbocycles. The molecular formula is C42H41N3O10. The fourth-order valence-electron chi connectivity index (χ4n) is 6.38. The maximum Gasteiger partial charge on any atom is 0.308 e. The SMILES string of the molecule is COc1ccc(/C=C(/C(=O)NCc2cc3c([nH]c4ccccc43)c(-c3cc(OC)c(OC)c(OC)c3)n2)c2cc(OC)c(OC)c(OC)c2)cc1OC(C)=O. The van der Waals surface area contributed by atoms with Crippen molar-refractivity contribution < 1.29 is 47.5 Å². The van der Waals surface area contributed by atoms with Gasteiger partial charge in [0.05, 0.1) is 73.2 Å². The zero-order chi connectivity index (χ0) is 39.2. The van der Waals surface area contributed by atoms with Gasteiger partial charge in [0, 0.05) is 34.3 Å². The lowest BCUT2D eigenvalue weighted by Gasteiger charge is -2.17. The van der Waals surface area contributed by atoms with E-state index in [2.05, 4.69) is 10.3 Å². The van der Waals surface area contributed by atoms with Crippen molar-refractivity contribution in [3.8, 4) is 57.3 Å². The van der Waals surface area contributed by atoms with E-state index in [1.54, 1.807) is 57.7 Å². The third-order valence-corrected chi connectivity index (χ3v) is 8.89. The van der Waals surface area contributed by atoms with Crippen LogP contribution in [0, 0.1) is 0 Å². The summed E-state index contributed by atoms with van der Waals surface area (Å²) >= 11 is 0. The number of ether oxygens (including phenoxy) is 8.